The topological polar surface area (TPSA) is 295 Å². The van der Waals surface area contributed by atoms with Gasteiger partial charge in [-0.2, -0.15) is 0 Å². The molecule has 5 rings (SSSR count). The van der Waals surface area contributed by atoms with E-state index in [1.165, 1.54) is 34.1 Å². The van der Waals surface area contributed by atoms with Crippen LogP contribution in [0.4, 0.5) is 5.69 Å². The molecule has 1 aromatic carbocycles. The van der Waals surface area contributed by atoms with E-state index in [0.717, 1.165) is 5.69 Å². The average molecular weight is 1080 g/mol. The average Bonchev–Trinajstić information content (AvgIpc) is 3.35. The molecule has 8 N–H and O–H groups in total. The van der Waals surface area contributed by atoms with Crippen molar-refractivity contribution in [2.45, 2.75) is 205 Å². The Morgan fingerprint density at radius 1 is 0.921 bits per heavy atom. The van der Waals surface area contributed by atoms with E-state index in [2.05, 4.69) is 16.0 Å². The van der Waals surface area contributed by atoms with E-state index in [0.29, 0.717) is 37.0 Å². The van der Waals surface area contributed by atoms with Gasteiger partial charge in [0.25, 0.3) is 0 Å². The lowest BCUT2D eigenvalue weighted by molar-refractivity contribution is -0.318. The third-order valence-corrected chi connectivity index (χ3v) is 15.7. The van der Waals surface area contributed by atoms with Crippen LogP contribution in [0.3, 0.4) is 0 Å². The van der Waals surface area contributed by atoms with Crippen LogP contribution in [0.2, 0.25) is 0 Å². The van der Waals surface area contributed by atoms with Crippen molar-refractivity contribution in [3.8, 4) is 0 Å². The lowest BCUT2D eigenvalue weighted by atomic mass is 9.78. The Hall–Kier alpha value is -4.33. The Morgan fingerprint density at radius 2 is 1.61 bits per heavy atom. The van der Waals surface area contributed by atoms with Gasteiger partial charge in [-0.15, -0.1) is 0 Å². The summed E-state index contributed by atoms with van der Waals surface area (Å²) in [5, 5.41) is 66.7. The van der Waals surface area contributed by atoms with Crippen molar-refractivity contribution in [1.82, 2.24) is 20.1 Å². The van der Waals surface area contributed by atoms with Gasteiger partial charge >= 0.3 is 17.9 Å². The summed E-state index contributed by atoms with van der Waals surface area (Å²) in [5.74, 6) is -6.51. The Balaban J connectivity index is 1.34. The molecular weight excluding hydrogens is 991 g/mol. The molecule has 22 nitrogen and oxygen atoms in total. The van der Waals surface area contributed by atoms with Gasteiger partial charge in [-0.25, -0.2) is 4.79 Å². The minimum Gasteiger partial charge on any atom is -0.477 e. The molecule has 0 saturated carbocycles. The minimum absolute atomic E-state index is 0.00158. The maximum atomic E-state index is 14.5. The molecule has 22 heteroatoms. The van der Waals surface area contributed by atoms with Gasteiger partial charge in [-0.05, 0) is 107 Å². The van der Waals surface area contributed by atoms with Crippen molar-refractivity contribution in [2.75, 3.05) is 46.2 Å². The highest BCUT2D eigenvalue weighted by molar-refractivity contribution is 5.93. The maximum absolute atomic E-state index is 14.5. The van der Waals surface area contributed by atoms with Crippen LogP contribution in [0, 0.1) is 17.8 Å². The van der Waals surface area contributed by atoms with Gasteiger partial charge in [-0.1, -0.05) is 20.8 Å². The lowest BCUT2D eigenvalue weighted by Crippen LogP contribution is -2.61. The van der Waals surface area contributed by atoms with Gasteiger partial charge in [0.1, 0.15) is 29.0 Å². The summed E-state index contributed by atoms with van der Waals surface area (Å²) >= 11 is 0. The molecule has 4 heterocycles. The van der Waals surface area contributed by atoms with Crippen LogP contribution in [0.5, 0.6) is 0 Å². The highest BCUT2D eigenvalue weighted by Gasteiger charge is 2.54. The molecule has 0 aliphatic carbocycles. The number of aliphatic hydroxyl groups is 4. The number of aryl methyl sites for hydroxylation is 1. The Bertz CT molecular complexity index is 2370. The number of carbonyl (C=O) groups excluding carboxylic acids is 3. The molecule has 1 amide bonds. The molecule has 1 aromatic heterocycles. The van der Waals surface area contributed by atoms with Crippen LogP contribution < -0.4 is 21.4 Å². The van der Waals surface area contributed by atoms with Gasteiger partial charge in [-0.3, -0.25) is 19.2 Å². The summed E-state index contributed by atoms with van der Waals surface area (Å²) in [5.41, 5.74) is -4.61. The first-order chi connectivity index (χ1) is 35.5. The first-order valence-corrected chi connectivity index (χ1v) is 26.7. The number of hydrogen-bond donors (Lipinski definition) is 8. The summed E-state index contributed by atoms with van der Waals surface area (Å²) in [7, 11) is 5.15. The Kier molecular flexibility index (Phi) is 21.5. The van der Waals surface area contributed by atoms with Gasteiger partial charge in [0.05, 0.1) is 59.9 Å². The third-order valence-electron chi connectivity index (χ3n) is 15.7. The number of amides is 1. The summed E-state index contributed by atoms with van der Waals surface area (Å²) in [6.45, 7) is 19.8. The Morgan fingerprint density at radius 3 is 2.22 bits per heavy atom. The van der Waals surface area contributed by atoms with E-state index < -0.39 is 125 Å². The summed E-state index contributed by atoms with van der Waals surface area (Å²) < 4.78 is 46.1. The number of carboxylic acids is 1. The van der Waals surface area contributed by atoms with E-state index in [1.54, 1.807) is 64.3 Å². The molecule has 430 valence electrons. The SMILES string of the molecule is CC[C@H]1OC(=O)[C@H](C)[C@@H](O[C@H]2C[C@@](C)(OC)[C@@H](OC(=O)CCNCCNc3ccc4c(=O)c(C(=O)O)cn(CC)c4c3)[C@H](C)O2)[C@H](C)[C@@H](O[C@@H]2O[C@H](C)C[C@H](N(C)C)[C@H]2O)[C@](C)(O)C[C@@H](C)NC(=O)[C@H](C)[C@@H](O)[C@]1(C)O. The van der Waals surface area contributed by atoms with Gasteiger partial charge in [0, 0.05) is 75.0 Å². The number of cyclic esters (lactones) is 1. The van der Waals surface area contributed by atoms with Gasteiger partial charge in [0.15, 0.2) is 18.7 Å². The number of nitrogens with zero attached hydrogens (tertiary/aromatic N) is 2. The molecule has 0 radical (unpaired) electrons. The number of likely N-dealkylation sites (N-methyl/N-ethyl adjacent to an activating group) is 1. The molecule has 18 atom stereocenters. The van der Waals surface area contributed by atoms with Crippen LogP contribution in [-0.4, -0.2) is 190 Å². The van der Waals surface area contributed by atoms with Crippen LogP contribution >= 0.6 is 0 Å². The predicted octanol–water partition coefficient (Wildman–Crippen LogP) is 2.76. The number of esters is 2. The number of carbonyl (C=O) groups is 4. The van der Waals surface area contributed by atoms with Crippen molar-refractivity contribution in [1.29, 1.82) is 0 Å². The zero-order valence-electron chi connectivity index (χ0n) is 46.9. The predicted molar refractivity (Wildman–Crippen MR) is 280 cm³/mol. The fourth-order valence-corrected chi connectivity index (χ4v) is 11.2. The molecule has 0 spiro atoms. The molecular formula is C54H87N5O17. The zero-order chi connectivity index (χ0) is 56.8. The molecule has 2 aromatic rings. The van der Waals surface area contributed by atoms with Crippen LogP contribution in [0.25, 0.3) is 10.9 Å². The van der Waals surface area contributed by atoms with E-state index in [9.17, 15) is 49.5 Å². The molecule has 76 heavy (non-hydrogen) atoms. The van der Waals surface area contributed by atoms with Crippen molar-refractivity contribution < 1.29 is 77.9 Å². The number of ether oxygens (including phenoxy) is 7. The minimum atomic E-state index is -2.08. The third kappa shape index (κ3) is 14.5. The van der Waals surface area contributed by atoms with E-state index in [-0.39, 0.29) is 49.9 Å². The second-order valence-electron chi connectivity index (χ2n) is 22.2. The maximum Gasteiger partial charge on any atom is 0.341 e. The van der Waals surface area contributed by atoms with E-state index in [1.807, 2.05) is 32.8 Å². The molecule has 0 unspecified atom stereocenters. The number of pyridine rings is 1. The normalized spacial score (nSPS) is 37.2. The number of aromatic nitrogens is 1. The molecule has 3 aliphatic heterocycles. The number of fused-ring (bicyclic) bond motifs is 1. The standard InChI is InChI=1S/C54H87N5O17/c1-15-39-54(11,69)45(63)32(7)48(64)57-28(3)25-52(9,68)46(76-51-43(62)38(58(12)13)23-29(4)71-51)30(5)44(31(6)50(67)73-39)75-41-26-53(10,70-14)47(33(8)72-41)74-40(60)19-20-55-21-22-56-34-17-18-35-37(24-34)59(16-2)27-36(42(35)61)49(65)66/h17-18,24,27-33,38-39,41,43-47,51,55-56,62-63,68-69H,15-16,19-23,25-26H2,1-14H3,(H,57,64)(H,65,66)/t28-,29-,30+,31-,32-,33+,38+,39-,41+,43-,44+,45-,46-,47+,51+,52-,53-,54-/m1/s1. The molecule has 3 fully saturated rings. The van der Waals surface area contributed by atoms with Crippen molar-refractivity contribution >= 4 is 40.4 Å². The monoisotopic (exact) mass is 1080 g/mol. The highest BCUT2D eigenvalue weighted by atomic mass is 16.7. The van der Waals surface area contributed by atoms with Crippen LogP contribution in [-0.2, 0) is 54.1 Å². The van der Waals surface area contributed by atoms with Crippen molar-refractivity contribution in [2.24, 2.45) is 17.8 Å². The number of nitrogens with one attached hydrogen (secondary N) is 3. The van der Waals surface area contributed by atoms with Gasteiger partial charge in [0.2, 0.25) is 11.3 Å². The fourth-order valence-electron chi connectivity index (χ4n) is 11.2. The quantitative estimate of drug-likeness (QED) is 0.0835. The number of carboxylic acid groups (broad SMARTS) is 1. The number of methoxy groups -OCH3 is 1. The number of benzene rings is 1. The van der Waals surface area contributed by atoms with Crippen LogP contribution in [0.1, 0.15) is 119 Å². The lowest BCUT2D eigenvalue weighted by Gasteiger charge is -2.49. The molecule has 3 aliphatic rings. The second kappa shape index (κ2) is 26.1. The van der Waals surface area contributed by atoms with E-state index >= 15 is 0 Å². The van der Waals surface area contributed by atoms with Crippen molar-refractivity contribution in [3.63, 3.8) is 0 Å². The number of rotatable bonds is 17. The number of aliphatic hydroxyl groups excluding tert-OH is 2. The second-order valence-corrected chi connectivity index (χ2v) is 22.2. The molecule has 0 bridgehead atoms. The number of hydrogen-bond acceptors (Lipinski definition) is 19. The zero-order valence-corrected chi connectivity index (χ0v) is 46.9. The smallest absolute Gasteiger partial charge is 0.341 e. The summed E-state index contributed by atoms with van der Waals surface area (Å²) in [6, 6.07) is 4.00. The van der Waals surface area contributed by atoms with Crippen molar-refractivity contribution in [3.05, 3.63) is 40.2 Å². The van der Waals surface area contributed by atoms with Crippen LogP contribution in [0.15, 0.2) is 29.2 Å². The largest absolute Gasteiger partial charge is 0.477 e. The fraction of sp³-hybridized carbons (Fsp3) is 0.759. The van der Waals surface area contributed by atoms with E-state index in [4.69, 9.17) is 33.2 Å². The number of aromatic carboxylic acids is 1. The summed E-state index contributed by atoms with van der Waals surface area (Å²) in [6.07, 6.45) is -9.21. The Labute approximate surface area is 446 Å². The highest BCUT2D eigenvalue weighted by Crippen LogP contribution is 2.40. The first kappa shape index (κ1) is 62.5. The molecule has 3 saturated heterocycles. The summed E-state index contributed by atoms with van der Waals surface area (Å²) in [4.78, 5) is 67.8. The van der Waals surface area contributed by atoms with Gasteiger partial charge < -0.3 is 84.1 Å². The number of anilines is 1. The first-order valence-electron chi connectivity index (χ1n) is 26.7.